The molecule has 0 aliphatic carbocycles. The molecule has 156 valence electrons. The number of fused-ring (bicyclic) bond motifs is 1. The van der Waals surface area contributed by atoms with Crippen LogP contribution in [-0.2, 0) is 11.0 Å². The number of hydrogen-bond acceptors (Lipinski definition) is 7. The van der Waals surface area contributed by atoms with Gasteiger partial charge in [-0.3, -0.25) is 5.41 Å². The summed E-state index contributed by atoms with van der Waals surface area (Å²) in [6, 6.07) is 3.85. The zero-order valence-electron chi connectivity index (χ0n) is 16.9. The van der Waals surface area contributed by atoms with Crippen molar-refractivity contribution >= 4 is 33.3 Å². The fourth-order valence-electron chi connectivity index (χ4n) is 4.53. The summed E-state index contributed by atoms with van der Waals surface area (Å²) in [5, 5.41) is 8.19. The van der Waals surface area contributed by atoms with Crippen LogP contribution in [0.25, 0.3) is 10.9 Å². The second kappa shape index (κ2) is 8.23. The van der Waals surface area contributed by atoms with Crippen molar-refractivity contribution in [3.8, 4) is 11.5 Å². The summed E-state index contributed by atoms with van der Waals surface area (Å²) < 4.78 is 24.6. The number of rotatable bonds is 5. The van der Waals surface area contributed by atoms with Crippen molar-refractivity contribution in [2.45, 2.75) is 25.7 Å². The van der Waals surface area contributed by atoms with Crippen LogP contribution < -0.4 is 14.4 Å². The molecule has 4 rings (SSSR count). The largest absolute Gasteiger partial charge is 0.493 e. The third kappa shape index (κ3) is 3.81. The minimum Gasteiger partial charge on any atom is -0.493 e. The summed E-state index contributed by atoms with van der Waals surface area (Å²) in [6.07, 6.45) is 5.87. The number of aromatic nitrogens is 2. The third-order valence-electron chi connectivity index (χ3n) is 6.38. The van der Waals surface area contributed by atoms with Crippen LogP contribution in [0.4, 0.5) is 5.82 Å². The van der Waals surface area contributed by atoms with Gasteiger partial charge in [0.05, 0.1) is 25.3 Å². The number of methoxy groups -OCH3 is 2. The van der Waals surface area contributed by atoms with Gasteiger partial charge in [0.15, 0.2) is 11.5 Å². The number of hydrogen-bond donors (Lipinski definition) is 1. The number of nitrogens with one attached hydrogen (secondary N) is 1. The maximum Gasteiger partial charge on any atom is 0.162 e. The first-order chi connectivity index (χ1) is 14.1. The lowest BCUT2D eigenvalue weighted by Crippen LogP contribution is -2.47. The van der Waals surface area contributed by atoms with E-state index in [9.17, 15) is 4.21 Å². The minimum atomic E-state index is -1.27. The van der Waals surface area contributed by atoms with E-state index in [2.05, 4.69) is 14.9 Å². The molecule has 1 spiro atoms. The molecule has 2 aromatic rings. The predicted molar refractivity (Wildman–Crippen MR) is 114 cm³/mol. The second-order valence-corrected chi connectivity index (χ2v) is 9.04. The Balaban J connectivity index is 1.51. The molecule has 1 atom stereocenters. The van der Waals surface area contributed by atoms with Gasteiger partial charge in [-0.25, -0.2) is 18.5 Å². The molecule has 0 saturated carbocycles. The van der Waals surface area contributed by atoms with Crippen molar-refractivity contribution in [1.82, 2.24) is 14.3 Å². The summed E-state index contributed by atoms with van der Waals surface area (Å²) in [7, 11) is 1.99. The van der Waals surface area contributed by atoms with Gasteiger partial charge in [0.1, 0.15) is 23.1 Å². The molecule has 2 fully saturated rings. The number of piperidine rings is 2. The molecule has 0 bridgehead atoms. The Morgan fingerprint density at radius 2 is 1.66 bits per heavy atom. The summed E-state index contributed by atoms with van der Waals surface area (Å²) in [5.41, 5.74) is 2.18. The first-order valence-corrected chi connectivity index (χ1v) is 11.0. The number of nitrogens with zero attached hydrogens (tertiary/aromatic N) is 4. The quantitative estimate of drug-likeness (QED) is 0.594. The lowest BCUT2D eigenvalue weighted by Gasteiger charge is -2.46. The zero-order chi connectivity index (χ0) is 20.4. The smallest absolute Gasteiger partial charge is 0.162 e. The Morgan fingerprint density at radius 1 is 1.03 bits per heavy atom. The van der Waals surface area contributed by atoms with Gasteiger partial charge in [0, 0.05) is 37.6 Å². The van der Waals surface area contributed by atoms with E-state index in [4.69, 9.17) is 14.9 Å². The van der Waals surface area contributed by atoms with Gasteiger partial charge in [-0.05, 0) is 37.2 Å². The highest BCUT2D eigenvalue weighted by molar-refractivity contribution is 7.96. The van der Waals surface area contributed by atoms with Crippen LogP contribution in [0.1, 0.15) is 25.7 Å². The van der Waals surface area contributed by atoms with Crippen molar-refractivity contribution in [2.75, 3.05) is 45.3 Å². The monoisotopic (exact) mass is 417 g/mol. The van der Waals surface area contributed by atoms with Crippen molar-refractivity contribution in [1.29, 1.82) is 5.41 Å². The molecule has 1 N–H and O–H groups in total. The number of benzene rings is 1. The molecule has 2 saturated heterocycles. The number of ether oxygens (including phenoxy) is 2. The molecule has 1 aromatic carbocycles. The molecule has 0 radical (unpaired) electrons. The van der Waals surface area contributed by atoms with Gasteiger partial charge in [-0.1, -0.05) is 0 Å². The Bertz CT molecular complexity index is 920. The van der Waals surface area contributed by atoms with Crippen LogP contribution in [-0.4, -0.2) is 64.4 Å². The lowest BCUT2D eigenvalue weighted by molar-refractivity contribution is 0.122. The molecular weight excluding hydrogens is 390 g/mol. The van der Waals surface area contributed by atoms with Gasteiger partial charge in [-0.2, -0.15) is 0 Å². The van der Waals surface area contributed by atoms with E-state index >= 15 is 0 Å². The average Bonchev–Trinajstić information content (AvgIpc) is 2.78. The van der Waals surface area contributed by atoms with E-state index in [-0.39, 0.29) is 0 Å². The van der Waals surface area contributed by atoms with Crippen LogP contribution in [0.5, 0.6) is 11.5 Å². The minimum absolute atomic E-state index is 0.309. The van der Waals surface area contributed by atoms with Gasteiger partial charge in [-0.15, -0.1) is 0 Å². The van der Waals surface area contributed by atoms with E-state index in [0.29, 0.717) is 16.9 Å². The first kappa shape index (κ1) is 20.0. The second-order valence-electron chi connectivity index (χ2n) is 7.73. The van der Waals surface area contributed by atoms with Crippen LogP contribution in [0, 0.1) is 10.8 Å². The average molecular weight is 418 g/mol. The molecule has 29 heavy (non-hydrogen) atoms. The molecular formula is C20H27N5O3S. The summed E-state index contributed by atoms with van der Waals surface area (Å²) in [6.45, 7) is 3.48. The van der Waals surface area contributed by atoms with E-state index in [1.54, 1.807) is 20.5 Å². The van der Waals surface area contributed by atoms with Crippen molar-refractivity contribution in [2.24, 2.45) is 5.41 Å². The molecule has 1 unspecified atom stereocenters. The maximum absolute atomic E-state index is 11.9. The fourth-order valence-corrected chi connectivity index (χ4v) is 5.22. The molecule has 2 aliphatic rings. The molecule has 0 amide bonds. The van der Waals surface area contributed by atoms with Crippen LogP contribution in [0.15, 0.2) is 18.5 Å². The summed E-state index contributed by atoms with van der Waals surface area (Å²) in [5.74, 6) is 2.28. The van der Waals surface area contributed by atoms with Crippen molar-refractivity contribution in [3.63, 3.8) is 0 Å². The summed E-state index contributed by atoms with van der Waals surface area (Å²) >= 11 is 0. The predicted octanol–water partition coefficient (Wildman–Crippen LogP) is 2.60. The Kier molecular flexibility index (Phi) is 5.69. The fraction of sp³-hybridized carbons (Fsp3) is 0.550. The van der Waals surface area contributed by atoms with Crippen LogP contribution in [0.3, 0.4) is 0 Å². The molecule has 1 aromatic heterocycles. The topological polar surface area (TPSA) is 91.6 Å². The first-order valence-electron chi connectivity index (χ1n) is 9.87. The van der Waals surface area contributed by atoms with Gasteiger partial charge in [0.2, 0.25) is 0 Å². The maximum atomic E-state index is 11.9. The van der Waals surface area contributed by atoms with Crippen molar-refractivity contribution in [3.05, 3.63) is 18.5 Å². The zero-order valence-corrected chi connectivity index (χ0v) is 17.7. The normalized spacial score (nSPS) is 20.6. The van der Waals surface area contributed by atoms with Crippen LogP contribution >= 0.6 is 0 Å². The van der Waals surface area contributed by atoms with E-state index in [0.717, 1.165) is 74.1 Å². The van der Waals surface area contributed by atoms with Crippen LogP contribution in [0.2, 0.25) is 0 Å². The molecule has 3 heterocycles. The van der Waals surface area contributed by atoms with Gasteiger partial charge in [0.25, 0.3) is 0 Å². The van der Waals surface area contributed by atoms with E-state index in [1.807, 2.05) is 16.4 Å². The van der Waals surface area contributed by atoms with E-state index in [1.165, 1.54) is 0 Å². The highest BCUT2D eigenvalue weighted by Gasteiger charge is 2.39. The molecule has 8 nitrogen and oxygen atoms in total. The molecule has 2 aliphatic heterocycles. The SMILES string of the molecule is COc1cc2ncnc(N3CCC4(CC3)CCN(S(=O)C=N)CC4)c2cc1OC. The summed E-state index contributed by atoms with van der Waals surface area (Å²) in [4.78, 5) is 11.3. The standard InChI is InChI=1S/C20H27N5O3S/c1-27-17-11-15-16(12-18(17)28-2)22-14-23-19(15)24-7-3-20(4-8-24)5-9-25(10-6-20)29(26)13-21/h11-14,21H,3-10H2,1-2H3. The van der Waals surface area contributed by atoms with Crippen molar-refractivity contribution < 1.29 is 13.7 Å². The number of anilines is 1. The Labute approximate surface area is 173 Å². The third-order valence-corrected chi connectivity index (χ3v) is 7.46. The highest BCUT2D eigenvalue weighted by Crippen LogP contribution is 2.43. The van der Waals surface area contributed by atoms with Gasteiger partial charge < -0.3 is 14.4 Å². The lowest BCUT2D eigenvalue weighted by atomic mass is 9.71. The Hall–Kier alpha value is -2.26. The van der Waals surface area contributed by atoms with E-state index < -0.39 is 11.0 Å². The molecule has 9 heteroatoms. The Morgan fingerprint density at radius 3 is 2.28 bits per heavy atom. The van der Waals surface area contributed by atoms with Gasteiger partial charge >= 0.3 is 0 Å². The highest BCUT2D eigenvalue weighted by atomic mass is 32.2.